The molecule has 0 radical (unpaired) electrons. The Morgan fingerprint density at radius 2 is 2.06 bits per heavy atom. The Morgan fingerprint density at radius 3 is 2.69 bits per heavy atom. The summed E-state index contributed by atoms with van der Waals surface area (Å²) < 4.78 is -0.768. The standard InChI is InChI=1S/C27H36N2O5S/c1-3-5-9-15-28(14-4-2)25(32)23-27-13-12-20(35-27)21(26(33)34)22(27)24(31)29(23)19(17-30)16-18-10-7-6-8-11-18/h4,6-8,10-11,19-23,30H,2-3,5,9,12-17H2,1H3,(H,33,34)/t19-,20+,21-,22+,23?,27?/m1/s1. The number of nitrogens with zero attached hydrogens (tertiary/aromatic N) is 2. The van der Waals surface area contributed by atoms with Crippen LogP contribution in [0.1, 0.15) is 44.6 Å². The summed E-state index contributed by atoms with van der Waals surface area (Å²) in [5, 5.41) is 20.3. The topological polar surface area (TPSA) is 98.2 Å². The number of benzene rings is 1. The molecule has 3 fully saturated rings. The van der Waals surface area contributed by atoms with Gasteiger partial charge in [0.1, 0.15) is 6.04 Å². The summed E-state index contributed by atoms with van der Waals surface area (Å²) in [6.07, 6.45) is 6.29. The minimum atomic E-state index is -0.968. The molecule has 3 heterocycles. The van der Waals surface area contributed by atoms with Crippen LogP contribution in [0, 0.1) is 11.8 Å². The maximum absolute atomic E-state index is 14.2. The van der Waals surface area contributed by atoms with Crippen molar-refractivity contribution in [1.29, 1.82) is 0 Å². The number of thioether (sulfide) groups is 1. The number of carboxylic acids is 1. The zero-order chi connectivity index (χ0) is 25.2. The van der Waals surface area contributed by atoms with Crippen molar-refractivity contribution in [2.45, 2.75) is 67.5 Å². The minimum Gasteiger partial charge on any atom is -0.481 e. The molecule has 1 aromatic rings. The number of likely N-dealkylation sites (tertiary alicyclic amines) is 1. The highest BCUT2D eigenvalue weighted by molar-refractivity contribution is 8.02. The fourth-order valence-electron chi connectivity index (χ4n) is 6.36. The summed E-state index contributed by atoms with van der Waals surface area (Å²) in [6.45, 7) is 6.58. The summed E-state index contributed by atoms with van der Waals surface area (Å²) in [6, 6.07) is 8.20. The lowest BCUT2D eigenvalue weighted by Crippen LogP contribution is -2.58. The molecule has 35 heavy (non-hydrogen) atoms. The molecule has 1 aromatic carbocycles. The Kier molecular flexibility index (Phi) is 7.91. The van der Waals surface area contributed by atoms with Crippen LogP contribution >= 0.6 is 11.8 Å². The molecule has 2 bridgehead atoms. The number of aliphatic hydroxyl groups excluding tert-OH is 1. The molecule has 1 spiro atoms. The maximum atomic E-state index is 14.2. The van der Waals surface area contributed by atoms with Crippen LogP contribution in [-0.4, -0.2) is 79.6 Å². The van der Waals surface area contributed by atoms with E-state index in [0.717, 1.165) is 24.8 Å². The van der Waals surface area contributed by atoms with E-state index in [9.17, 15) is 24.6 Å². The van der Waals surface area contributed by atoms with E-state index in [2.05, 4.69) is 13.5 Å². The van der Waals surface area contributed by atoms with Gasteiger partial charge in [-0.1, -0.05) is 56.2 Å². The first kappa shape index (κ1) is 25.8. The average molecular weight is 501 g/mol. The van der Waals surface area contributed by atoms with E-state index in [1.54, 1.807) is 15.9 Å². The van der Waals surface area contributed by atoms with E-state index in [-0.39, 0.29) is 23.7 Å². The lowest BCUT2D eigenvalue weighted by atomic mass is 9.71. The van der Waals surface area contributed by atoms with Gasteiger partial charge in [-0.25, -0.2) is 0 Å². The molecule has 3 aliphatic heterocycles. The molecule has 7 nitrogen and oxygen atoms in total. The van der Waals surface area contributed by atoms with Crippen LogP contribution in [0.25, 0.3) is 0 Å². The Bertz CT molecular complexity index is 956. The van der Waals surface area contributed by atoms with Crippen molar-refractivity contribution in [2.75, 3.05) is 19.7 Å². The fourth-order valence-corrected chi connectivity index (χ4v) is 8.55. The molecular formula is C27H36N2O5S. The van der Waals surface area contributed by atoms with Crippen LogP contribution in [0.3, 0.4) is 0 Å². The number of hydrogen-bond donors (Lipinski definition) is 2. The average Bonchev–Trinajstić information content (AvgIpc) is 3.50. The molecule has 8 heteroatoms. The Morgan fingerprint density at radius 1 is 1.31 bits per heavy atom. The summed E-state index contributed by atoms with van der Waals surface area (Å²) in [7, 11) is 0. The van der Waals surface area contributed by atoms with E-state index in [1.807, 2.05) is 30.3 Å². The number of amides is 2. The lowest BCUT2D eigenvalue weighted by Gasteiger charge is -2.39. The molecular weight excluding hydrogens is 464 g/mol. The third kappa shape index (κ3) is 4.51. The van der Waals surface area contributed by atoms with Crippen molar-refractivity contribution in [3.63, 3.8) is 0 Å². The van der Waals surface area contributed by atoms with Crippen molar-refractivity contribution in [3.05, 3.63) is 48.6 Å². The van der Waals surface area contributed by atoms with Crippen LogP contribution in [-0.2, 0) is 20.8 Å². The van der Waals surface area contributed by atoms with Crippen molar-refractivity contribution < 1.29 is 24.6 Å². The quantitative estimate of drug-likeness (QED) is 0.338. The zero-order valence-corrected chi connectivity index (χ0v) is 21.2. The first-order chi connectivity index (χ1) is 16.9. The molecule has 6 atom stereocenters. The van der Waals surface area contributed by atoms with Gasteiger partial charge in [0.2, 0.25) is 11.8 Å². The van der Waals surface area contributed by atoms with E-state index < -0.39 is 34.6 Å². The first-order valence-corrected chi connectivity index (χ1v) is 13.5. The number of unbranched alkanes of at least 4 members (excludes halogenated alkanes) is 2. The minimum absolute atomic E-state index is 0.150. The molecule has 2 N–H and O–H groups in total. The van der Waals surface area contributed by atoms with Gasteiger partial charge < -0.3 is 20.0 Å². The van der Waals surface area contributed by atoms with Gasteiger partial charge in [0.25, 0.3) is 0 Å². The van der Waals surface area contributed by atoms with Gasteiger partial charge in [-0.15, -0.1) is 18.3 Å². The van der Waals surface area contributed by atoms with E-state index >= 15 is 0 Å². The Balaban J connectivity index is 1.74. The number of carboxylic acid groups (broad SMARTS) is 1. The van der Waals surface area contributed by atoms with E-state index in [4.69, 9.17) is 0 Å². The van der Waals surface area contributed by atoms with Gasteiger partial charge >= 0.3 is 5.97 Å². The van der Waals surface area contributed by atoms with Gasteiger partial charge in [0.05, 0.1) is 29.2 Å². The van der Waals surface area contributed by atoms with Crippen LogP contribution in [0.15, 0.2) is 43.0 Å². The van der Waals surface area contributed by atoms with Crippen molar-refractivity contribution in [3.8, 4) is 0 Å². The fraction of sp³-hybridized carbons (Fsp3) is 0.593. The zero-order valence-electron chi connectivity index (χ0n) is 20.3. The SMILES string of the molecule is C=CCN(CCCCC)C(=O)C1N([C@@H](CO)Cc2ccccc2)C(=O)[C@@H]2[C@H](C(=O)O)[C@@H]3CCC12S3. The van der Waals surface area contributed by atoms with Crippen LogP contribution in [0.2, 0.25) is 0 Å². The largest absolute Gasteiger partial charge is 0.481 e. The lowest BCUT2D eigenvalue weighted by molar-refractivity contribution is -0.149. The second kappa shape index (κ2) is 10.7. The highest BCUT2D eigenvalue weighted by Gasteiger charge is 2.74. The van der Waals surface area contributed by atoms with Crippen LogP contribution < -0.4 is 0 Å². The van der Waals surface area contributed by atoms with Crippen molar-refractivity contribution in [2.24, 2.45) is 11.8 Å². The second-order valence-electron chi connectivity index (χ2n) is 9.95. The number of fused-ring (bicyclic) bond motifs is 1. The summed E-state index contributed by atoms with van der Waals surface area (Å²) in [5.41, 5.74) is 0.956. The third-order valence-corrected chi connectivity index (χ3v) is 9.82. The number of aliphatic carboxylic acids is 1. The van der Waals surface area contributed by atoms with Crippen LogP contribution in [0.4, 0.5) is 0 Å². The summed E-state index contributed by atoms with van der Waals surface area (Å²) >= 11 is 1.53. The van der Waals surface area contributed by atoms with Crippen molar-refractivity contribution in [1.82, 2.24) is 9.80 Å². The van der Waals surface area contributed by atoms with Crippen molar-refractivity contribution >= 4 is 29.5 Å². The Hall–Kier alpha value is -2.32. The van der Waals surface area contributed by atoms with Gasteiger partial charge in [-0.05, 0) is 31.2 Å². The molecule has 2 unspecified atom stereocenters. The number of carbonyl (C=O) groups is 3. The van der Waals surface area contributed by atoms with Gasteiger partial charge in [0, 0.05) is 18.3 Å². The third-order valence-electron chi connectivity index (χ3n) is 7.87. The molecule has 2 amide bonds. The first-order valence-electron chi connectivity index (χ1n) is 12.7. The monoisotopic (exact) mass is 500 g/mol. The molecule has 3 saturated heterocycles. The highest BCUT2D eigenvalue weighted by Crippen LogP contribution is 2.66. The normalized spacial score (nSPS) is 29.8. The summed E-state index contributed by atoms with van der Waals surface area (Å²) in [5.74, 6) is -2.96. The molecule has 0 saturated carbocycles. The maximum Gasteiger partial charge on any atom is 0.308 e. The molecule has 4 rings (SSSR count). The van der Waals surface area contributed by atoms with Gasteiger partial charge in [-0.2, -0.15) is 0 Å². The molecule has 0 aromatic heterocycles. The van der Waals surface area contributed by atoms with Crippen LogP contribution in [0.5, 0.6) is 0 Å². The second-order valence-corrected chi connectivity index (χ2v) is 11.5. The predicted octanol–water partition coefficient (Wildman–Crippen LogP) is 2.97. The van der Waals surface area contributed by atoms with E-state index in [1.165, 1.54) is 11.8 Å². The van der Waals surface area contributed by atoms with Gasteiger partial charge in [0.15, 0.2) is 0 Å². The number of carbonyl (C=O) groups excluding carboxylic acids is 2. The smallest absolute Gasteiger partial charge is 0.308 e. The number of hydrogen-bond acceptors (Lipinski definition) is 5. The predicted molar refractivity (Wildman–Crippen MR) is 136 cm³/mol. The summed E-state index contributed by atoms with van der Waals surface area (Å²) in [4.78, 5) is 43.8. The molecule has 0 aliphatic carbocycles. The van der Waals surface area contributed by atoms with E-state index in [0.29, 0.717) is 32.4 Å². The highest BCUT2D eigenvalue weighted by atomic mass is 32.2. The van der Waals surface area contributed by atoms with Gasteiger partial charge in [-0.3, -0.25) is 14.4 Å². The Labute approximate surface area is 211 Å². The number of aliphatic hydroxyl groups is 1. The number of rotatable bonds is 12. The molecule has 3 aliphatic rings. The molecule has 190 valence electrons.